The molecule has 1 aliphatic rings. The summed E-state index contributed by atoms with van der Waals surface area (Å²) in [5.74, 6) is 0.166. The first-order valence-corrected chi connectivity index (χ1v) is 7.18. The lowest BCUT2D eigenvalue weighted by Gasteiger charge is -2.32. The predicted octanol–water partition coefficient (Wildman–Crippen LogP) is 1.47. The lowest BCUT2D eigenvalue weighted by atomic mass is 10.1. The van der Waals surface area contributed by atoms with Crippen LogP contribution in [0, 0.1) is 0 Å². The van der Waals surface area contributed by atoms with Gasteiger partial charge in [-0.25, -0.2) is 0 Å². The molecule has 0 spiro atoms. The van der Waals surface area contributed by atoms with Crippen LogP contribution < -0.4 is 5.32 Å². The molecule has 0 amide bonds. The molecule has 0 aromatic heterocycles. The van der Waals surface area contributed by atoms with E-state index < -0.39 is 0 Å². The number of morpholine rings is 1. The Balaban J connectivity index is 1.86. The Bertz CT molecular complexity index is 419. The molecule has 5 nitrogen and oxygen atoms in total. The highest BCUT2D eigenvalue weighted by atomic mass is 16.5. The summed E-state index contributed by atoms with van der Waals surface area (Å²) < 4.78 is 5.74. The minimum absolute atomic E-state index is 0.0496. The summed E-state index contributed by atoms with van der Waals surface area (Å²) in [4.78, 5) is 2.38. The molecule has 1 aromatic carbocycles. The van der Waals surface area contributed by atoms with Gasteiger partial charge in [-0.2, -0.15) is 0 Å². The summed E-state index contributed by atoms with van der Waals surface area (Å²) in [6.45, 7) is 8.71. The van der Waals surface area contributed by atoms with Crippen molar-refractivity contribution in [3.63, 3.8) is 0 Å². The Morgan fingerprint density at radius 3 is 2.70 bits per heavy atom. The number of phenols is 2. The Hall–Kier alpha value is -1.30. The van der Waals surface area contributed by atoms with Crippen molar-refractivity contribution in [3.05, 3.63) is 23.8 Å². The number of nitrogens with one attached hydrogen (secondary N) is 1. The first-order valence-electron chi connectivity index (χ1n) is 7.18. The number of aromatic hydroxyl groups is 2. The largest absolute Gasteiger partial charge is 0.508 e. The standard InChI is InChI=1S/C15H24N2O3/c1-3-17-4-5-20-15(10-17)9-16-11(2)12-6-13(18)8-14(19)7-12/h6-8,11,15-16,18-19H,3-5,9-10H2,1-2H3. The quantitative estimate of drug-likeness (QED) is 0.762. The van der Waals surface area contributed by atoms with Gasteiger partial charge in [0.2, 0.25) is 0 Å². The molecular weight excluding hydrogens is 256 g/mol. The average Bonchev–Trinajstić information content (AvgIpc) is 2.44. The monoisotopic (exact) mass is 280 g/mol. The second kappa shape index (κ2) is 6.92. The first kappa shape index (κ1) is 15.1. The molecule has 0 radical (unpaired) electrons. The summed E-state index contributed by atoms with van der Waals surface area (Å²) in [6, 6.07) is 4.71. The van der Waals surface area contributed by atoms with Crippen LogP contribution in [0.5, 0.6) is 11.5 Å². The molecule has 1 aliphatic heterocycles. The van der Waals surface area contributed by atoms with Crippen LogP contribution in [0.25, 0.3) is 0 Å². The molecule has 2 unspecified atom stereocenters. The third kappa shape index (κ3) is 4.10. The Labute approximate surface area is 120 Å². The smallest absolute Gasteiger partial charge is 0.119 e. The summed E-state index contributed by atoms with van der Waals surface area (Å²) in [6.07, 6.45) is 0.192. The second-order valence-corrected chi connectivity index (χ2v) is 5.30. The lowest BCUT2D eigenvalue weighted by molar-refractivity contribution is -0.0262. The molecule has 3 N–H and O–H groups in total. The minimum Gasteiger partial charge on any atom is -0.508 e. The number of benzene rings is 1. The number of hydrogen-bond donors (Lipinski definition) is 3. The van der Waals surface area contributed by atoms with Gasteiger partial charge in [0.05, 0.1) is 12.7 Å². The zero-order valence-corrected chi connectivity index (χ0v) is 12.2. The maximum Gasteiger partial charge on any atom is 0.119 e. The molecule has 112 valence electrons. The van der Waals surface area contributed by atoms with Crippen LogP contribution in [0.3, 0.4) is 0 Å². The summed E-state index contributed by atoms with van der Waals surface area (Å²) >= 11 is 0. The van der Waals surface area contributed by atoms with Crippen molar-refractivity contribution in [3.8, 4) is 11.5 Å². The number of ether oxygens (including phenoxy) is 1. The number of likely N-dealkylation sites (N-methyl/N-ethyl adjacent to an activating group) is 1. The van der Waals surface area contributed by atoms with E-state index in [-0.39, 0.29) is 23.6 Å². The number of hydrogen-bond acceptors (Lipinski definition) is 5. The fourth-order valence-corrected chi connectivity index (χ4v) is 2.49. The zero-order chi connectivity index (χ0) is 14.5. The number of phenolic OH excluding ortho intramolecular Hbond substituents is 2. The fraction of sp³-hybridized carbons (Fsp3) is 0.600. The highest BCUT2D eigenvalue weighted by Crippen LogP contribution is 2.24. The summed E-state index contributed by atoms with van der Waals surface area (Å²) in [7, 11) is 0. The second-order valence-electron chi connectivity index (χ2n) is 5.30. The van der Waals surface area contributed by atoms with Crippen molar-refractivity contribution in [1.29, 1.82) is 0 Å². The molecular formula is C15H24N2O3. The first-order chi connectivity index (χ1) is 9.58. The molecule has 20 heavy (non-hydrogen) atoms. The summed E-state index contributed by atoms with van der Waals surface area (Å²) in [5, 5.41) is 22.4. The SMILES string of the molecule is CCN1CCOC(CNC(C)c2cc(O)cc(O)c2)C1. The predicted molar refractivity (Wildman–Crippen MR) is 78.0 cm³/mol. The molecule has 0 aliphatic carbocycles. The van der Waals surface area contributed by atoms with Crippen molar-refractivity contribution in [2.75, 3.05) is 32.8 Å². The van der Waals surface area contributed by atoms with E-state index in [4.69, 9.17) is 4.74 Å². The molecule has 5 heteroatoms. The highest BCUT2D eigenvalue weighted by Gasteiger charge is 2.19. The van der Waals surface area contributed by atoms with Gasteiger partial charge in [0, 0.05) is 31.7 Å². The maximum absolute atomic E-state index is 9.51. The van der Waals surface area contributed by atoms with E-state index in [1.807, 2.05) is 6.92 Å². The molecule has 0 saturated carbocycles. The zero-order valence-electron chi connectivity index (χ0n) is 12.2. The maximum atomic E-state index is 9.51. The van der Waals surface area contributed by atoms with Gasteiger partial charge < -0.3 is 20.3 Å². The lowest BCUT2D eigenvalue weighted by Crippen LogP contribution is -2.46. The van der Waals surface area contributed by atoms with Gasteiger partial charge in [-0.15, -0.1) is 0 Å². The van der Waals surface area contributed by atoms with E-state index in [2.05, 4.69) is 17.1 Å². The van der Waals surface area contributed by atoms with E-state index in [0.29, 0.717) is 0 Å². The van der Waals surface area contributed by atoms with Gasteiger partial charge in [0.25, 0.3) is 0 Å². The van der Waals surface area contributed by atoms with Crippen molar-refractivity contribution in [1.82, 2.24) is 10.2 Å². The van der Waals surface area contributed by atoms with Gasteiger partial charge in [0.1, 0.15) is 11.5 Å². The van der Waals surface area contributed by atoms with Crippen molar-refractivity contribution in [2.24, 2.45) is 0 Å². The third-order valence-corrected chi connectivity index (χ3v) is 3.75. The highest BCUT2D eigenvalue weighted by molar-refractivity contribution is 5.37. The van der Waals surface area contributed by atoms with Crippen molar-refractivity contribution < 1.29 is 14.9 Å². The van der Waals surface area contributed by atoms with Gasteiger partial charge >= 0.3 is 0 Å². The van der Waals surface area contributed by atoms with Crippen LogP contribution in [0.2, 0.25) is 0 Å². The van der Waals surface area contributed by atoms with Gasteiger partial charge in [-0.1, -0.05) is 6.92 Å². The van der Waals surface area contributed by atoms with Crippen LogP contribution in [0.4, 0.5) is 0 Å². The Morgan fingerprint density at radius 2 is 2.05 bits per heavy atom. The number of rotatable bonds is 5. The van der Waals surface area contributed by atoms with E-state index in [1.54, 1.807) is 12.1 Å². The molecule has 1 aromatic rings. The fourth-order valence-electron chi connectivity index (χ4n) is 2.49. The van der Waals surface area contributed by atoms with Crippen LogP contribution in [0.15, 0.2) is 18.2 Å². The molecule has 2 atom stereocenters. The molecule has 1 fully saturated rings. The Kier molecular flexibility index (Phi) is 5.23. The average molecular weight is 280 g/mol. The van der Waals surface area contributed by atoms with E-state index >= 15 is 0 Å². The summed E-state index contributed by atoms with van der Waals surface area (Å²) in [5.41, 5.74) is 0.866. The van der Waals surface area contributed by atoms with Crippen molar-refractivity contribution >= 4 is 0 Å². The van der Waals surface area contributed by atoms with Gasteiger partial charge in [-0.3, -0.25) is 4.90 Å². The van der Waals surface area contributed by atoms with E-state index in [9.17, 15) is 10.2 Å². The van der Waals surface area contributed by atoms with Crippen LogP contribution in [-0.2, 0) is 4.74 Å². The van der Waals surface area contributed by atoms with Crippen LogP contribution in [0.1, 0.15) is 25.5 Å². The molecule has 0 bridgehead atoms. The minimum atomic E-state index is 0.0496. The van der Waals surface area contributed by atoms with E-state index in [0.717, 1.165) is 38.3 Å². The van der Waals surface area contributed by atoms with E-state index in [1.165, 1.54) is 6.07 Å². The normalized spacial score (nSPS) is 21.8. The topological polar surface area (TPSA) is 65.0 Å². The number of nitrogens with zero attached hydrogens (tertiary/aromatic N) is 1. The molecule has 2 rings (SSSR count). The Morgan fingerprint density at radius 1 is 1.35 bits per heavy atom. The van der Waals surface area contributed by atoms with Gasteiger partial charge in [0.15, 0.2) is 0 Å². The van der Waals surface area contributed by atoms with Crippen LogP contribution in [-0.4, -0.2) is 54.0 Å². The molecule has 1 heterocycles. The van der Waals surface area contributed by atoms with Gasteiger partial charge in [-0.05, 0) is 31.2 Å². The van der Waals surface area contributed by atoms with Crippen LogP contribution >= 0.6 is 0 Å². The van der Waals surface area contributed by atoms with Crippen molar-refractivity contribution in [2.45, 2.75) is 26.0 Å². The third-order valence-electron chi connectivity index (χ3n) is 3.75. The molecule has 1 saturated heterocycles.